The summed E-state index contributed by atoms with van der Waals surface area (Å²) in [5, 5.41) is -1.02. The van der Waals surface area contributed by atoms with Gasteiger partial charge in [-0.3, -0.25) is 4.52 Å². The number of hydrogen-bond acceptors (Lipinski definition) is 2. The third-order valence-electron chi connectivity index (χ3n) is 1.46. The van der Waals surface area contributed by atoms with Gasteiger partial charge < -0.3 is 9.79 Å². The summed E-state index contributed by atoms with van der Waals surface area (Å²) in [4.78, 5) is 16.9. The first kappa shape index (κ1) is 16.6. The van der Waals surface area contributed by atoms with Crippen LogP contribution in [-0.2, 0) is 9.09 Å². The topological polar surface area (TPSA) is 66.8 Å². The largest absolute Gasteiger partial charge is 0.469 e. The van der Waals surface area contributed by atoms with E-state index in [0.29, 0.717) is 6.42 Å². The molecule has 0 aromatic heterocycles. The molecule has 92 valence electrons. The first-order chi connectivity index (χ1) is 6.72. The van der Waals surface area contributed by atoms with Crippen LogP contribution in [0.2, 0.25) is 0 Å². The van der Waals surface area contributed by atoms with Crippen molar-refractivity contribution in [3.05, 3.63) is 0 Å². The summed E-state index contributed by atoms with van der Waals surface area (Å²) in [6.45, 7) is -0.269. The lowest BCUT2D eigenvalue weighted by Gasteiger charge is -2.16. The molecular formula is C6H11Br2Cl2O4P. The molecule has 2 N–H and O–H groups in total. The Balaban J connectivity index is 3.79. The number of rotatable bonds is 7. The van der Waals surface area contributed by atoms with E-state index >= 15 is 0 Å². The number of hydrogen-bond donors (Lipinski definition) is 2. The zero-order valence-corrected chi connectivity index (χ0v) is 13.1. The molecule has 15 heavy (non-hydrogen) atoms. The van der Waals surface area contributed by atoms with E-state index in [0.717, 1.165) is 6.42 Å². The van der Waals surface area contributed by atoms with Crippen molar-refractivity contribution in [2.75, 3.05) is 6.61 Å². The molecular weight excluding hydrogens is 398 g/mol. The molecule has 0 amide bonds. The van der Waals surface area contributed by atoms with Crippen LogP contribution in [0.25, 0.3) is 0 Å². The average Bonchev–Trinajstić information content (AvgIpc) is 2.08. The Kier molecular flexibility index (Phi) is 8.74. The number of phosphoric acid groups is 1. The van der Waals surface area contributed by atoms with Crippen LogP contribution in [0.1, 0.15) is 12.8 Å². The van der Waals surface area contributed by atoms with Crippen molar-refractivity contribution in [1.29, 1.82) is 0 Å². The lowest BCUT2D eigenvalue weighted by Crippen LogP contribution is -2.21. The molecule has 0 fully saturated rings. The fourth-order valence-electron chi connectivity index (χ4n) is 0.739. The lowest BCUT2D eigenvalue weighted by molar-refractivity contribution is 0.195. The monoisotopic (exact) mass is 406 g/mol. The second-order valence-corrected chi connectivity index (χ2v) is 8.59. The van der Waals surface area contributed by atoms with Gasteiger partial charge in [-0.05, 0) is 12.8 Å². The van der Waals surface area contributed by atoms with E-state index in [2.05, 4.69) is 36.4 Å². The molecule has 0 radical (unpaired) electrons. The Morgan fingerprint density at radius 3 is 2.13 bits per heavy atom. The SMILES string of the molecule is O=P(O)(O)OCC(Cl)C(Cl)CCC(Br)Br. The van der Waals surface area contributed by atoms with Gasteiger partial charge in [0.25, 0.3) is 0 Å². The zero-order chi connectivity index (χ0) is 12.1. The minimum absolute atomic E-state index is 0.151. The highest BCUT2D eigenvalue weighted by molar-refractivity contribution is 9.24. The standard InChI is InChI=1S/C6H11Br2Cl2O4P/c7-6(8)2-1-4(9)5(10)3-14-15(11,12)13/h4-6H,1-3H2,(H2,11,12,13). The third kappa shape index (κ3) is 10.5. The molecule has 9 heteroatoms. The number of alkyl halides is 4. The molecule has 0 rings (SSSR count). The maximum Gasteiger partial charge on any atom is 0.469 e. The van der Waals surface area contributed by atoms with Crippen molar-refractivity contribution in [2.24, 2.45) is 0 Å². The van der Waals surface area contributed by atoms with Crippen LogP contribution in [-0.4, -0.2) is 30.9 Å². The van der Waals surface area contributed by atoms with Crippen molar-refractivity contribution in [3.8, 4) is 0 Å². The van der Waals surface area contributed by atoms with Gasteiger partial charge in [0.15, 0.2) is 0 Å². The van der Waals surface area contributed by atoms with Gasteiger partial charge in [0.05, 0.1) is 21.1 Å². The molecule has 0 aliphatic heterocycles. The van der Waals surface area contributed by atoms with Crippen molar-refractivity contribution in [2.45, 2.75) is 27.3 Å². The molecule has 0 saturated heterocycles. The van der Waals surface area contributed by atoms with Crippen molar-refractivity contribution in [1.82, 2.24) is 0 Å². The van der Waals surface area contributed by atoms with Crippen molar-refractivity contribution >= 4 is 62.9 Å². The summed E-state index contributed by atoms with van der Waals surface area (Å²) in [6.07, 6.45) is 1.37. The van der Waals surface area contributed by atoms with E-state index < -0.39 is 18.6 Å². The highest BCUT2D eigenvalue weighted by atomic mass is 79.9. The molecule has 2 atom stereocenters. The highest BCUT2D eigenvalue weighted by Gasteiger charge is 2.22. The van der Waals surface area contributed by atoms with Crippen LogP contribution in [0.15, 0.2) is 0 Å². The van der Waals surface area contributed by atoms with E-state index in [1.54, 1.807) is 0 Å². The third-order valence-corrected chi connectivity index (χ3v) is 3.94. The predicted octanol–water partition coefficient (Wildman–Crippen LogP) is 3.21. The predicted molar refractivity (Wildman–Crippen MR) is 68.2 cm³/mol. The van der Waals surface area contributed by atoms with Crippen LogP contribution in [0, 0.1) is 0 Å². The van der Waals surface area contributed by atoms with Gasteiger partial charge in [0, 0.05) is 0 Å². The van der Waals surface area contributed by atoms with E-state index in [9.17, 15) is 4.57 Å². The molecule has 0 aliphatic rings. The Hall–Kier alpha value is 1.65. The Bertz CT molecular complexity index is 225. The minimum Gasteiger partial charge on any atom is -0.303 e. The normalized spacial score (nSPS) is 16.7. The molecule has 0 aromatic carbocycles. The summed E-state index contributed by atoms with van der Waals surface area (Å²) in [5.41, 5.74) is 0. The van der Waals surface area contributed by atoms with Crippen LogP contribution < -0.4 is 0 Å². The molecule has 0 spiro atoms. The Morgan fingerprint density at radius 2 is 1.73 bits per heavy atom. The molecule has 0 saturated carbocycles. The van der Waals surface area contributed by atoms with Crippen molar-refractivity contribution < 1.29 is 18.9 Å². The summed E-state index contributed by atoms with van der Waals surface area (Å²) in [5.74, 6) is 0. The second-order valence-electron chi connectivity index (χ2n) is 2.79. The molecule has 4 nitrogen and oxygen atoms in total. The maximum atomic E-state index is 10.4. The number of halogens is 4. The molecule has 0 aliphatic carbocycles. The molecule has 0 aromatic rings. The van der Waals surface area contributed by atoms with E-state index in [1.807, 2.05) is 0 Å². The average molecular weight is 409 g/mol. The molecule has 0 bridgehead atoms. The zero-order valence-electron chi connectivity index (χ0n) is 7.52. The summed E-state index contributed by atoms with van der Waals surface area (Å²) >= 11 is 18.3. The van der Waals surface area contributed by atoms with Crippen LogP contribution in [0.5, 0.6) is 0 Å². The summed E-state index contributed by atoms with van der Waals surface area (Å²) in [6, 6.07) is 0. The van der Waals surface area contributed by atoms with Gasteiger partial charge in [-0.15, -0.1) is 23.2 Å². The first-order valence-corrected chi connectivity index (χ1v) is 8.22. The summed E-state index contributed by atoms with van der Waals surface area (Å²) in [7, 11) is -4.46. The van der Waals surface area contributed by atoms with Gasteiger partial charge in [-0.1, -0.05) is 31.9 Å². The Labute approximate surface area is 115 Å². The number of phosphoric ester groups is 1. The summed E-state index contributed by atoms with van der Waals surface area (Å²) < 4.78 is 14.8. The van der Waals surface area contributed by atoms with Crippen LogP contribution in [0.3, 0.4) is 0 Å². The quantitative estimate of drug-likeness (QED) is 0.501. The van der Waals surface area contributed by atoms with Crippen LogP contribution >= 0.6 is 62.9 Å². The van der Waals surface area contributed by atoms with Gasteiger partial charge >= 0.3 is 7.82 Å². The fourth-order valence-corrected chi connectivity index (χ4v) is 2.10. The van der Waals surface area contributed by atoms with Crippen LogP contribution in [0.4, 0.5) is 0 Å². The van der Waals surface area contributed by atoms with E-state index in [1.165, 1.54) is 0 Å². The van der Waals surface area contributed by atoms with Crippen molar-refractivity contribution in [3.63, 3.8) is 0 Å². The first-order valence-electron chi connectivity index (χ1n) is 3.98. The highest BCUT2D eigenvalue weighted by Crippen LogP contribution is 2.36. The maximum absolute atomic E-state index is 10.4. The van der Waals surface area contributed by atoms with Gasteiger partial charge in [0.1, 0.15) is 0 Å². The van der Waals surface area contributed by atoms with E-state index in [-0.39, 0.29) is 10.3 Å². The Morgan fingerprint density at radius 1 is 1.20 bits per heavy atom. The van der Waals surface area contributed by atoms with Gasteiger partial charge in [-0.2, -0.15) is 0 Å². The van der Waals surface area contributed by atoms with Gasteiger partial charge in [-0.25, -0.2) is 4.57 Å². The lowest BCUT2D eigenvalue weighted by atomic mass is 10.2. The molecule has 0 heterocycles. The fraction of sp³-hybridized carbons (Fsp3) is 1.00. The van der Waals surface area contributed by atoms with E-state index in [4.69, 9.17) is 33.0 Å². The minimum atomic E-state index is -4.46. The second kappa shape index (κ2) is 7.88. The van der Waals surface area contributed by atoms with Gasteiger partial charge in [0.2, 0.25) is 0 Å². The molecule has 2 unspecified atom stereocenters. The smallest absolute Gasteiger partial charge is 0.303 e.